The molecule has 0 atom stereocenters. The highest BCUT2D eigenvalue weighted by Gasteiger charge is 2.24. The zero-order chi connectivity index (χ0) is 39.9. The summed E-state index contributed by atoms with van der Waals surface area (Å²) in [7, 11) is 0. The third-order valence-corrected chi connectivity index (χ3v) is 13.1. The van der Waals surface area contributed by atoms with Gasteiger partial charge in [-0.25, -0.2) is 4.85 Å². The van der Waals surface area contributed by atoms with Crippen molar-refractivity contribution in [2.24, 2.45) is 0 Å². The van der Waals surface area contributed by atoms with Crippen molar-refractivity contribution in [2.75, 3.05) is 4.90 Å². The molecule has 278 valence electrons. The fourth-order valence-electron chi connectivity index (χ4n) is 9.38. The van der Waals surface area contributed by atoms with Crippen molar-refractivity contribution < 1.29 is 0 Å². The summed E-state index contributed by atoms with van der Waals surface area (Å²) >= 11 is 1.80. The highest BCUT2D eigenvalue weighted by Crippen LogP contribution is 2.47. The first-order valence-electron chi connectivity index (χ1n) is 19.9. The number of benzene rings is 9. The van der Waals surface area contributed by atoms with E-state index in [1.807, 2.05) is 30.3 Å². The second-order valence-electron chi connectivity index (χ2n) is 15.1. The van der Waals surface area contributed by atoms with Crippen LogP contribution in [0.3, 0.4) is 0 Å². The molecule has 5 nitrogen and oxygen atoms in total. The van der Waals surface area contributed by atoms with Crippen LogP contribution in [-0.4, -0.2) is 9.13 Å². The number of para-hydroxylation sites is 3. The van der Waals surface area contributed by atoms with Gasteiger partial charge in [0.2, 0.25) is 5.69 Å². The molecule has 12 aromatic rings. The average Bonchev–Trinajstić information content (AvgIpc) is 3.97. The van der Waals surface area contributed by atoms with Gasteiger partial charge >= 0.3 is 0 Å². The summed E-state index contributed by atoms with van der Waals surface area (Å²) in [5.74, 6) is 0. The molecule has 3 heterocycles. The van der Waals surface area contributed by atoms with Crippen LogP contribution in [0.5, 0.6) is 0 Å². The van der Waals surface area contributed by atoms with Crippen LogP contribution in [0.1, 0.15) is 5.56 Å². The van der Waals surface area contributed by atoms with E-state index in [0.29, 0.717) is 22.6 Å². The number of hydrogen-bond acceptors (Lipinski definition) is 3. The second kappa shape index (κ2) is 13.2. The van der Waals surface area contributed by atoms with Crippen LogP contribution in [0.15, 0.2) is 188 Å². The zero-order valence-electron chi connectivity index (χ0n) is 32.0. The molecule has 0 spiro atoms. The van der Waals surface area contributed by atoms with Crippen molar-refractivity contribution in [1.29, 1.82) is 5.26 Å². The van der Waals surface area contributed by atoms with Gasteiger partial charge in [0.25, 0.3) is 0 Å². The van der Waals surface area contributed by atoms with Gasteiger partial charge in [-0.2, -0.15) is 5.26 Å². The van der Waals surface area contributed by atoms with Gasteiger partial charge in [-0.15, -0.1) is 11.3 Å². The van der Waals surface area contributed by atoms with Gasteiger partial charge in [0, 0.05) is 58.8 Å². The minimum absolute atomic E-state index is 0.466. The number of thiophene rings is 1. The van der Waals surface area contributed by atoms with Crippen LogP contribution in [0.4, 0.5) is 22.7 Å². The smallest absolute Gasteiger partial charge is 0.212 e. The Kier molecular flexibility index (Phi) is 7.46. The summed E-state index contributed by atoms with van der Waals surface area (Å²) < 4.78 is 6.78. The molecule has 0 saturated heterocycles. The van der Waals surface area contributed by atoms with Gasteiger partial charge in [0.15, 0.2) is 0 Å². The molecule has 0 unspecified atom stereocenters. The van der Waals surface area contributed by atoms with Crippen molar-refractivity contribution >= 4 is 109 Å². The average molecular weight is 782 g/mol. The zero-order valence-corrected chi connectivity index (χ0v) is 32.9. The topological polar surface area (TPSA) is 41.2 Å². The molecule has 0 radical (unpaired) electrons. The molecule has 0 bridgehead atoms. The predicted octanol–water partition coefficient (Wildman–Crippen LogP) is 15.3. The Balaban J connectivity index is 1.16. The molecule has 12 rings (SSSR count). The Morgan fingerprint density at radius 2 is 1.10 bits per heavy atom. The maximum Gasteiger partial charge on any atom is 0.212 e. The van der Waals surface area contributed by atoms with Gasteiger partial charge in [-0.3, -0.25) is 0 Å². The summed E-state index contributed by atoms with van der Waals surface area (Å²) in [4.78, 5) is 6.48. The van der Waals surface area contributed by atoms with E-state index in [0.717, 1.165) is 71.4 Å². The molecule has 0 amide bonds. The standard InChI is InChI=1S/C54H31N5S/c1-56-44-32-49(35(33-55)30-50(44)59-45-22-12-10-21-42(45)52-39-19-9-8-14-34(39)24-27-47(52)59)58-46-28-25-38(57(36-15-4-2-5-16-36)37-17-6-3-7-18-37)31-43(46)53-48(58)29-26-41-40-20-11-13-23-51(40)60-54(41)53/h2-32H. The fourth-order valence-corrected chi connectivity index (χ4v) is 10.6. The van der Waals surface area contributed by atoms with E-state index in [9.17, 15) is 5.26 Å². The van der Waals surface area contributed by atoms with E-state index in [1.54, 1.807) is 11.3 Å². The summed E-state index contributed by atoms with van der Waals surface area (Å²) in [5, 5.41) is 20.3. The molecule has 0 aliphatic carbocycles. The summed E-state index contributed by atoms with van der Waals surface area (Å²) in [6, 6.07) is 68.0. The van der Waals surface area contributed by atoms with E-state index in [2.05, 4.69) is 183 Å². The Morgan fingerprint density at radius 3 is 1.87 bits per heavy atom. The van der Waals surface area contributed by atoms with E-state index < -0.39 is 0 Å². The summed E-state index contributed by atoms with van der Waals surface area (Å²) in [5.41, 5.74) is 9.37. The number of fused-ring (bicyclic) bond motifs is 12. The first kappa shape index (κ1) is 33.9. The number of rotatable bonds is 5. The monoisotopic (exact) mass is 781 g/mol. The number of nitriles is 1. The Hall–Kier alpha value is -8.16. The molecule has 6 heteroatoms. The minimum Gasteiger partial charge on any atom is -0.319 e. The Morgan fingerprint density at radius 1 is 0.483 bits per heavy atom. The molecular formula is C54H31N5S. The van der Waals surface area contributed by atoms with Crippen molar-refractivity contribution in [1.82, 2.24) is 9.13 Å². The molecule has 0 aliphatic rings. The van der Waals surface area contributed by atoms with Crippen molar-refractivity contribution in [3.05, 3.63) is 205 Å². The van der Waals surface area contributed by atoms with Crippen LogP contribution in [0.25, 0.3) is 90.8 Å². The molecule has 3 aromatic heterocycles. The number of hydrogen-bond donors (Lipinski definition) is 0. The summed E-state index contributed by atoms with van der Waals surface area (Å²) in [6.07, 6.45) is 0. The number of nitrogens with zero attached hydrogens (tertiary/aromatic N) is 5. The number of anilines is 3. The molecular weight excluding hydrogens is 751 g/mol. The van der Waals surface area contributed by atoms with Crippen LogP contribution >= 0.6 is 11.3 Å². The third-order valence-electron chi connectivity index (χ3n) is 11.9. The van der Waals surface area contributed by atoms with Crippen LogP contribution < -0.4 is 4.90 Å². The van der Waals surface area contributed by atoms with E-state index >= 15 is 0 Å². The van der Waals surface area contributed by atoms with Crippen molar-refractivity contribution in [3.63, 3.8) is 0 Å². The lowest BCUT2D eigenvalue weighted by molar-refractivity contribution is 1.14. The first-order chi connectivity index (χ1) is 29.7. The maximum atomic E-state index is 11.1. The van der Waals surface area contributed by atoms with Crippen molar-refractivity contribution in [3.8, 4) is 17.4 Å². The molecule has 0 saturated carbocycles. The normalized spacial score (nSPS) is 11.6. The highest BCUT2D eigenvalue weighted by atomic mass is 32.1. The molecule has 0 aliphatic heterocycles. The Labute approximate surface area is 348 Å². The quantitative estimate of drug-likeness (QED) is 0.163. The lowest BCUT2D eigenvalue weighted by atomic mass is 10.0. The lowest BCUT2D eigenvalue weighted by Crippen LogP contribution is -2.09. The van der Waals surface area contributed by atoms with Crippen LogP contribution in [0, 0.1) is 17.9 Å². The lowest BCUT2D eigenvalue weighted by Gasteiger charge is -2.25. The van der Waals surface area contributed by atoms with E-state index in [4.69, 9.17) is 6.57 Å². The number of aromatic nitrogens is 2. The van der Waals surface area contributed by atoms with Gasteiger partial charge in [0.05, 0.1) is 45.6 Å². The van der Waals surface area contributed by atoms with E-state index in [1.165, 1.54) is 20.2 Å². The van der Waals surface area contributed by atoms with Crippen LogP contribution in [0.2, 0.25) is 0 Å². The molecule has 60 heavy (non-hydrogen) atoms. The molecule has 9 aromatic carbocycles. The van der Waals surface area contributed by atoms with Gasteiger partial charge in [-0.05, 0) is 89.6 Å². The first-order valence-corrected chi connectivity index (χ1v) is 20.7. The SMILES string of the molecule is [C-]#[N+]c1cc(-n2c3ccc(N(c4ccccc4)c4ccccc4)cc3c3c4sc5ccccc5c4ccc32)c(C#N)cc1-n1c2ccccc2c2c3ccccc3ccc21. The third kappa shape index (κ3) is 4.90. The van der Waals surface area contributed by atoms with E-state index in [-0.39, 0.29) is 0 Å². The van der Waals surface area contributed by atoms with Gasteiger partial charge in [0.1, 0.15) is 6.07 Å². The molecule has 0 fully saturated rings. The molecule has 0 N–H and O–H groups in total. The largest absolute Gasteiger partial charge is 0.319 e. The predicted molar refractivity (Wildman–Crippen MR) is 251 cm³/mol. The fraction of sp³-hybridized carbons (Fsp3) is 0. The summed E-state index contributed by atoms with van der Waals surface area (Å²) in [6.45, 7) is 8.63. The van der Waals surface area contributed by atoms with Crippen LogP contribution in [-0.2, 0) is 0 Å². The maximum absolute atomic E-state index is 11.1. The Bertz CT molecular complexity index is 3760. The highest BCUT2D eigenvalue weighted by molar-refractivity contribution is 7.26. The van der Waals surface area contributed by atoms with Crippen molar-refractivity contribution in [2.45, 2.75) is 0 Å². The van der Waals surface area contributed by atoms with Gasteiger partial charge in [-0.1, -0.05) is 109 Å². The second-order valence-corrected chi connectivity index (χ2v) is 16.1. The minimum atomic E-state index is 0.466. The van der Waals surface area contributed by atoms with Gasteiger partial charge < -0.3 is 14.0 Å².